The molecular weight excluding hydrogens is 290 g/mol. The summed E-state index contributed by atoms with van der Waals surface area (Å²) in [6.07, 6.45) is 5.52. The number of likely N-dealkylation sites (tertiary alicyclic amines) is 1. The van der Waals surface area contributed by atoms with Crippen molar-refractivity contribution in [3.63, 3.8) is 0 Å². The summed E-state index contributed by atoms with van der Waals surface area (Å²) in [5.41, 5.74) is 0.695. The number of piperidine rings is 1. The molecule has 23 heavy (non-hydrogen) atoms. The Labute approximate surface area is 136 Å². The molecule has 1 N–H and O–H groups in total. The van der Waals surface area contributed by atoms with E-state index in [0.29, 0.717) is 23.1 Å². The average Bonchev–Trinajstić information content (AvgIpc) is 2.63. The van der Waals surface area contributed by atoms with E-state index in [2.05, 4.69) is 10.3 Å². The fourth-order valence-electron chi connectivity index (χ4n) is 2.79. The predicted molar refractivity (Wildman–Crippen MR) is 88.7 cm³/mol. The summed E-state index contributed by atoms with van der Waals surface area (Å²) in [7, 11) is 1.95. The minimum absolute atomic E-state index is 0.0814. The second kappa shape index (κ2) is 7.24. The van der Waals surface area contributed by atoms with Gasteiger partial charge < -0.3 is 15.0 Å². The van der Waals surface area contributed by atoms with Gasteiger partial charge in [-0.15, -0.1) is 0 Å². The van der Waals surface area contributed by atoms with E-state index in [4.69, 9.17) is 4.74 Å². The number of amides is 1. The van der Waals surface area contributed by atoms with Gasteiger partial charge in [-0.1, -0.05) is 0 Å². The van der Waals surface area contributed by atoms with Gasteiger partial charge in [-0.2, -0.15) is 0 Å². The highest BCUT2D eigenvalue weighted by Gasteiger charge is 2.23. The predicted octanol–water partition coefficient (Wildman–Crippen LogP) is 2.70. The normalized spacial score (nSPS) is 17.8. The molecule has 0 spiro atoms. The number of carbonyl (C=O) groups excluding carboxylic acids is 1. The van der Waals surface area contributed by atoms with Crippen LogP contribution >= 0.6 is 0 Å². The number of pyridine rings is 1. The number of rotatable bonds is 4. The Morgan fingerprint density at radius 1 is 1.26 bits per heavy atom. The van der Waals surface area contributed by atoms with Crippen LogP contribution in [0, 0.1) is 0 Å². The number of hydrogen-bond donors (Lipinski definition) is 1. The van der Waals surface area contributed by atoms with Crippen molar-refractivity contribution in [2.75, 3.05) is 20.1 Å². The van der Waals surface area contributed by atoms with E-state index >= 15 is 0 Å². The smallest absolute Gasteiger partial charge is 0.253 e. The van der Waals surface area contributed by atoms with Gasteiger partial charge in [0.05, 0.1) is 6.20 Å². The Morgan fingerprint density at radius 3 is 2.78 bits per heavy atom. The average molecular weight is 311 g/mol. The summed E-state index contributed by atoms with van der Waals surface area (Å²) in [6.45, 7) is 1.59. The van der Waals surface area contributed by atoms with Crippen molar-refractivity contribution in [3.05, 3.63) is 54.4 Å². The summed E-state index contributed by atoms with van der Waals surface area (Å²) in [5.74, 6) is 1.46. The van der Waals surface area contributed by atoms with Crippen LogP contribution < -0.4 is 10.1 Å². The largest absolute Gasteiger partial charge is 0.456 e. The van der Waals surface area contributed by atoms with Gasteiger partial charge in [-0.25, -0.2) is 0 Å². The topological polar surface area (TPSA) is 54.5 Å². The van der Waals surface area contributed by atoms with Crippen LogP contribution in [0.25, 0.3) is 0 Å². The minimum Gasteiger partial charge on any atom is -0.456 e. The highest BCUT2D eigenvalue weighted by molar-refractivity contribution is 5.94. The first-order chi connectivity index (χ1) is 11.3. The van der Waals surface area contributed by atoms with Crippen molar-refractivity contribution in [1.29, 1.82) is 0 Å². The molecule has 1 aromatic heterocycles. The number of hydrogen-bond acceptors (Lipinski definition) is 4. The number of nitrogens with one attached hydrogen (secondary N) is 1. The van der Waals surface area contributed by atoms with Gasteiger partial charge >= 0.3 is 0 Å². The Morgan fingerprint density at radius 2 is 2.09 bits per heavy atom. The van der Waals surface area contributed by atoms with E-state index in [0.717, 1.165) is 25.9 Å². The summed E-state index contributed by atoms with van der Waals surface area (Å²) < 4.78 is 5.70. The van der Waals surface area contributed by atoms with E-state index < -0.39 is 0 Å². The lowest BCUT2D eigenvalue weighted by molar-refractivity contribution is 0.0698. The molecule has 0 bridgehead atoms. The second-order valence-corrected chi connectivity index (χ2v) is 5.69. The SMILES string of the molecule is CNC1CCCN(C(=O)c2ccc(Oc3cccnc3)cc2)C1. The number of likely N-dealkylation sites (N-methyl/N-ethyl adjacent to an activating group) is 1. The highest BCUT2D eigenvalue weighted by Crippen LogP contribution is 2.21. The van der Waals surface area contributed by atoms with E-state index in [-0.39, 0.29) is 5.91 Å². The zero-order valence-corrected chi connectivity index (χ0v) is 13.2. The van der Waals surface area contributed by atoms with Gasteiger partial charge in [0.1, 0.15) is 11.5 Å². The van der Waals surface area contributed by atoms with Gasteiger partial charge in [-0.3, -0.25) is 9.78 Å². The van der Waals surface area contributed by atoms with Crippen LogP contribution in [0.4, 0.5) is 0 Å². The first-order valence-corrected chi connectivity index (χ1v) is 7.91. The quantitative estimate of drug-likeness (QED) is 0.943. The molecular formula is C18H21N3O2. The standard InChI is InChI=1S/C18H21N3O2/c1-19-15-4-3-11-21(13-15)18(22)14-6-8-16(9-7-14)23-17-5-2-10-20-12-17/h2,5-10,12,15,19H,3-4,11,13H2,1H3. The maximum Gasteiger partial charge on any atom is 0.253 e. The van der Waals surface area contributed by atoms with Crippen LogP contribution in [0.15, 0.2) is 48.8 Å². The van der Waals surface area contributed by atoms with Gasteiger partial charge in [0.25, 0.3) is 5.91 Å². The van der Waals surface area contributed by atoms with Crippen LogP contribution in [0.2, 0.25) is 0 Å². The zero-order chi connectivity index (χ0) is 16.1. The molecule has 1 aliphatic heterocycles. The lowest BCUT2D eigenvalue weighted by Crippen LogP contribution is -2.46. The van der Waals surface area contributed by atoms with E-state index in [1.807, 2.05) is 48.3 Å². The highest BCUT2D eigenvalue weighted by atomic mass is 16.5. The van der Waals surface area contributed by atoms with Crippen molar-refractivity contribution in [3.8, 4) is 11.5 Å². The molecule has 1 unspecified atom stereocenters. The molecule has 1 fully saturated rings. The van der Waals surface area contributed by atoms with Gasteiger partial charge in [0, 0.05) is 30.9 Å². The van der Waals surface area contributed by atoms with Gasteiger partial charge in [-0.05, 0) is 56.3 Å². The molecule has 0 radical (unpaired) electrons. The Bertz CT molecular complexity index is 643. The number of benzene rings is 1. The monoisotopic (exact) mass is 311 g/mol. The first-order valence-electron chi connectivity index (χ1n) is 7.91. The lowest BCUT2D eigenvalue weighted by atomic mass is 10.0. The number of nitrogens with zero attached hydrogens (tertiary/aromatic N) is 2. The van der Waals surface area contributed by atoms with Crippen LogP contribution in [0.5, 0.6) is 11.5 Å². The van der Waals surface area contributed by atoms with Crippen LogP contribution in [0.3, 0.4) is 0 Å². The van der Waals surface area contributed by atoms with Crippen molar-refractivity contribution in [1.82, 2.24) is 15.2 Å². The van der Waals surface area contributed by atoms with Crippen molar-refractivity contribution in [2.45, 2.75) is 18.9 Å². The van der Waals surface area contributed by atoms with Crippen molar-refractivity contribution >= 4 is 5.91 Å². The van der Waals surface area contributed by atoms with Gasteiger partial charge in [0.15, 0.2) is 0 Å². The molecule has 1 aliphatic rings. The van der Waals surface area contributed by atoms with E-state index in [9.17, 15) is 4.79 Å². The maximum absolute atomic E-state index is 12.6. The van der Waals surface area contributed by atoms with E-state index in [1.54, 1.807) is 12.4 Å². The minimum atomic E-state index is 0.0814. The molecule has 1 aromatic carbocycles. The van der Waals surface area contributed by atoms with Crippen molar-refractivity contribution < 1.29 is 9.53 Å². The fraction of sp³-hybridized carbons (Fsp3) is 0.333. The molecule has 2 aromatic rings. The Balaban J connectivity index is 1.65. The molecule has 120 valence electrons. The molecule has 5 nitrogen and oxygen atoms in total. The van der Waals surface area contributed by atoms with E-state index in [1.165, 1.54) is 0 Å². The number of aromatic nitrogens is 1. The lowest BCUT2D eigenvalue weighted by Gasteiger charge is -2.32. The summed E-state index contributed by atoms with van der Waals surface area (Å²) in [6, 6.07) is 11.3. The number of ether oxygens (including phenoxy) is 1. The molecule has 1 saturated heterocycles. The fourth-order valence-corrected chi connectivity index (χ4v) is 2.79. The third-order valence-corrected chi connectivity index (χ3v) is 4.09. The second-order valence-electron chi connectivity index (χ2n) is 5.69. The summed E-state index contributed by atoms with van der Waals surface area (Å²) >= 11 is 0. The van der Waals surface area contributed by atoms with Crippen LogP contribution in [-0.2, 0) is 0 Å². The molecule has 1 amide bonds. The first kappa shape index (κ1) is 15.5. The summed E-state index contributed by atoms with van der Waals surface area (Å²) in [5, 5.41) is 3.26. The number of carbonyl (C=O) groups is 1. The van der Waals surface area contributed by atoms with Crippen LogP contribution in [-0.4, -0.2) is 42.0 Å². The molecule has 0 saturated carbocycles. The molecule has 0 aliphatic carbocycles. The Kier molecular flexibility index (Phi) is 4.88. The third-order valence-electron chi connectivity index (χ3n) is 4.09. The zero-order valence-electron chi connectivity index (χ0n) is 13.2. The third kappa shape index (κ3) is 3.87. The molecule has 3 rings (SSSR count). The van der Waals surface area contributed by atoms with Crippen LogP contribution in [0.1, 0.15) is 23.2 Å². The van der Waals surface area contributed by atoms with Crippen molar-refractivity contribution in [2.24, 2.45) is 0 Å². The Hall–Kier alpha value is -2.40. The molecule has 2 heterocycles. The summed E-state index contributed by atoms with van der Waals surface area (Å²) in [4.78, 5) is 18.5. The molecule has 1 atom stereocenters. The maximum atomic E-state index is 12.6. The van der Waals surface area contributed by atoms with Gasteiger partial charge in [0.2, 0.25) is 0 Å². The molecule has 5 heteroatoms.